The smallest absolute Gasteiger partial charge is 0.344 e. The van der Waals surface area contributed by atoms with Gasteiger partial charge in [0.25, 0.3) is 0 Å². The number of hydrogen-bond acceptors (Lipinski definition) is 6. The Balaban J connectivity index is 1.50. The van der Waals surface area contributed by atoms with Crippen LogP contribution >= 0.6 is 11.8 Å². The van der Waals surface area contributed by atoms with Crippen LogP contribution in [0.2, 0.25) is 0 Å². The van der Waals surface area contributed by atoms with E-state index in [-0.39, 0.29) is 41.8 Å². The Kier molecular flexibility index (Phi) is 5.72. The van der Waals surface area contributed by atoms with Crippen LogP contribution in [0.4, 0.5) is 11.4 Å². The highest BCUT2D eigenvalue weighted by atomic mass is 32.2. The lowest BCUT2D eigenvalue weighted by Crippen LogP contribution is -2.40. The zero-order valence-corrected chi connectivity index (χ0v) is 16.9. The first-order valence-electron chi connectivity index (χ1n) is 9.63. The molecule has 0 saturated carbocycles. The Morgan fingerprint density at radius 3 is 2.97 bits per heavy atom. The maximum Gasteiger partial charge on any atom is 0.344 e. The molecule has 0 radical (unpaired) electrons. The molecule has 0 spiro atoms. The number of carbonyl (C=O) groups excluding carboxylic acids is 2. The van der Waals surface area contributed by atoms with Gasteiger partial charge in [0.15, 0.2) is 5.16 Å². The van der Waals surface area contributed by atoms with E-state index in [0.717, 1.165) is 12.8 Å². The monoisotopic (exact) mass is 417 g/mol. The second-order valence-electron chi connectivity index (χ2n) is 7.23. The lowest BCUT2D eigenvalue weighted by molar-refractivity contribution is -0.117. The quantitative estimate of drug-likeness (QED) is 0.716. The molecule has 2 aliphatic heterocycles. The van der Waals surface area contributed by atoms with Crippen LogP contribution in [0.5, 0.6) is 0 Å². The molecule has 2 aliphatic rings. The SMILES string of the molecule is C[C@H]1CC(=O)Nc2ccccc2N1C(=O)CSc1n[nH]c(=O)n1C[C@H]1CCCO1. The van der Waals surface area contributed by atoms with Gasteiger partial charge < -0.3 is 15.0 Å². The van der Waals surface area contributed by atoms with E-state index in [1.165, 1.54) is 16.3 Å². The van der Waals surface area contributed by atoms with E-state index in [9.17, 15) is 14.4 Å². The van der Waals surface area contributed by atoms with E-state index >= 15 is 0 Å². The summed E-state index contributed by atoms with van der Waals surface area (Å²) < 4.78 is 7.14. The molecule has 1 aromatic carbocycles. The van der Waals surface area contributed by atoms with Crippen molar-refractivity contribution in [3.05, 3.63) is 34.7 Å². The topological polar surface area (TPSA) is 109 Å². The first kappa shape index (κ1) is 19.7. The fraction of sp³-hybridized carbons (Fsp3) is 0.474. The molecule has 2 amide bonds. The molecule has 154 valence electrons. The summed E-state index contributed by atoms with van der Waals surface area (Å²) in [5, 5.41) is 9.83. The van der Waals surface area contributed by atoms with Crippen molar-refractivity contribution in [1.82, 2.24) is 14.8 Å². The molecule has 2 aromatic rings. The molecule has 1 aromatic heterocycles. The summed E-state index contributed by atoms with van der Waals surface area (Å²) in [7, 11) is 0. The minimum Gasteiger partial charge on any atom is -0.376 e. The fourth-order valence-corrected chi connectivity index (χ4v) is 4.55. The number of carbonyl (C=O) groups is 2. The van der Waals surface area contributed by atoms with Crippen LogP contribution in [0, 0.1) is 0 Å². The van der Waals surface area contributed by atoms with Gasteiger partial charge in [-0.3, -0.25) is 14.2 Å². The second kappa shape index (κ2) is 8.42. The van der Waals surface area contributed by atoms with Crippen LogP contribution in [0.3, 0.4) is 0 Å². The number of aromatic amines is 1. The van der Waals surface area contributed by atoms with Gasteiger partial charge in [-0.2, -0.15) is 0 Å². The van der Waals surface area contributed by atoms with Crippen molar-refractivity contribution in [3.63, 3.8) is 0 Å². The number of fused-ring (bicyclic) bond motifs is 1. The Bertz CT molecular complexity index is 966. The van der Waals surface area contributed by atoms with E-state index < -0.39 is 0 Å². The van der Waals surface area contributed by atoms with Crippen molar-refractivity contribution >= 4 is 35.0 Å². The third kappa shape index (κ3) is 4.23. The van der Waals surface area contributed by atoms with Gasteiger partial charge in [-0.25, -0.2) is 9.89 Å². The van der Waals surface area contributed by atoms with Crippen molar-refractivity contribution in [2.45, 2.75) is 50.0 Å². The highest BCUT2D eigenvalue weighted by molar-refractivity contribution is 7.99. The summed E-state index contributed by atoms with van der Waals surface area (Å²) in [5.74, 6) is -0.168. The van der Waals surface area contributed by atoms with Crippen molar-refractivity contribution in [1.29, 1.82) is 0 Å². The van der Waals surface area contributed by atoms with Crippen molar-refractivity contribution in [2.75, 3.05) is 22.6 Å². The van der Waals surface area contributed by atoms with Crippen LogP contribution in [-0.2, 0) is 20.9 Å². The molecule has 1 fully saturated rings. The van der Waals surface area contributed by atoms with Crippen LogP contribution in [0.15, 0.2) is 34.2 Å². The third-order valence-corrected chi connectivity index (χ3v) is 6.05. The lowest BCUT2D eigenvalue weighted by Gasteiger charge is -2.27. The van der Waals surface area contributed by atoms with E-state index in [2.05, 4.69) is 15.5 Å². The number of benzene rings is 1. The number of thioether (sulfide) groups is 1. The molecule has 9 nitrogen and oxygen atoms in total. The molecule has 10 heteroatoms. The third-order valence-electron chi connectivity index (χ3n) is 5.09. The standard InChI is InChI=1S/C19H23N5O4S/c1-12-9-16(25)20-14-6-2-3-7-15(14)24(12)17(26)11-29-19-22-21-18(27)23(19)10-13-5-4-8-28-13/h2-3,6-7,12-13H,4-5,8-11H2,1H3,(H,20,25)(H,21,27)/t12-,13+/m0/s1. The van der Waals surface area contributed by atoms with Crippen molar-refractivity contribution in [2.24, 2.45) is 0 Å². The Hall–Kier alpha value is -2.59. The lowest BCUT2D eigenvalue weighted by atomic mass is 10.2. The van der Waals surface area contributed by atoms with Gasteiger partial charge >= 0.3 is 5.69 Å². The average Bonchev–Trinajstić information content (AvgIpc) is 3.29. The van der Waals surface area contributed by atoms with Crippen LogP contribution in [-0.4, -0.2) is 51.1 Å². The van der Waals surface area contributed by atoms with Gasteiger partial charge in [-0.05, 0) is 31.9 Å². The van der Waals surface area contributed by atoms with Gasteiger partial charge in [0.1, 0.15) is 0 Å². The van der Waals surface area contributed by atoms with Gasteiger partial charge in [0, 0.05) is 19.1 Å². The van der Waals surface area contributed by atoms with E-state index in [1.807, 2.05) is 25.1 Å². The highest BCUT2D eigenvalue weighted by Crippen LogP contribution is 2.32. The van der Waals surface area contributed by atoms with Gasteiger partial charge in [-0.15, -0.1) is 5.10 Å². The molecule has 0 aliphatic carbocycles. The molecule has 0 bridgehead atoms. The number of rotatable bonds is 5. The van der Waals surface area contributed by atoms with Crippen LogP contribution in [0.25, 0.3) is 0 Å². The number of amides is 2. The maximum atomic E-state index is 13.1. The summed E-state index contributed by atoms with van der Waals surface area (Å²) in [6.45, 7) is 2.98. The predicted molar refractivity (Wildman–Crippen MR) is 109 cm³/mol. The molecular weight excluding hydrogens is 394 g/mol. The first-order valence-corrected chi connectivity index (χ1v) is 10.6. The summed E-state index contributed by atoms with van der Waals surface area (Å²) in [5.41, 5.74) is 0.990. The predicted octanol–water partition coefficient (Wildman–Crippen LogP) is 1.61. The Morgan fingerprint density at radius 1 is 1.34 bits per heavy atom. The number of aromatic nitrogens is 3. The van der Waals surface area contributed by atoms with E-state index in [0.29, 0.717) is 29.7 Å². The fourth-order valence-electron chi connectivity index (χ4n) is 3.73. The molecule has 0 unspecified atom stereocenters. The number of H-pyrrole nitrogens is 1. The van der Waals surface area contributed by atoms with Crippen molar-refractivity contribution < 1.29 is 14.3 Å². The highest BCUT2D eigenvalue weighted by Gasteiger charge is 2.30. The van der Waals surface area contributed by atoms with E-state index in [4.69, 9.17) is 4.74 Å². The molecule has 2 atom stereocenters. The number of anilines is 2. The van der Waals surface area contributed by atoms with Crippen LogP contribution in [0.1, 0.15) is 26.2 Å². The Labute approximate surface area is 171 Å². The number of nitrogens with one attached hydrogen (secondary N) is 2. The zero-order chi connectivity index (χ0) is 20.4. The largest absolute Gasteiger partial charge is 0.376 e. The molecule has 29 heavy (non-hydrogen) atoms. The Morgan fingerprint density at radius 2 is 2.17 bits per heavy atom. The average molecular weight is 417 g/mol. The number of ether oxygens (including phenoxy) is 1. The zero-order valence-electron chi connectivity index (χ0n) is 16.1. The molecule has 3 heterocycles. The summed E-state index contributed by atoms with van der Waals surface area (Å²) in [6, 6.07) is 6.98. The van der Waals surface area contributed by atoms with E-state index in [1.54, 1.807) is 11.0 Å². The van der Waals surface area contributed by atoms with Crippen LogP contribution < -0.4 is 15.9 Å². The second-order valence-corrected chi connectivity index (χ2v) is 8.17. The number of nitrogens with zero attached hydrogens (tertiary/aromatic N) is 3. The number of para-hydroxylation sites is 2. The van der Waals surface area contributed by atoms with Gasteiger partial charge in [0.05, 0.1) is 29.8 Å². The summed E-state index contributed by atoms with van der Waals surface area (Å²) >= 11 is 1.21. The molecule has 4 rings (SSSR count). The minimum absolute atomic E-state index is 0.00468. The summed E-state index contributed by atoms with van der Waals surface area (Å²) in [6.07, 6.45) is 2.10. The maximum absolute atomic E-state index is 13.1. The van der Waals surface area contributed by atoms with Gasteiger partial charge in [0.2, 0.25) is 11.8 Å². The van der Waals surface area contributed by atoms with Gasteiger partial charge in [-0.1, -0.05) is 23.9 Å². The first-order chi connectivity index (χ1) is 14.0. The molecule has 1 saturated heterocycles. The molecule has 2 N–H and O–H groups in total. The number of hydrogen-bond donors (Lipinski definition) is 2. The van der Waals surface area contributed by atoms with Crippen molar-refractivity contribution in [3.8, 4) is 0 Å². The normalized spacial score (nSPS) is 21.6. The minimum atomic E-state index is -0.307. The summed E-state index contributed by atoms with van der Waals surface area (Å²) in [4.78, 5) is 38.9. The molecular formula is C19H23N5O4S.